The molecule has 7 heteroatoms. The molecule has 134 valence electrons. The van der Waals surface area contributed by atoms with Crippen molar-refractivity contribution in [3.63, 3.8) is 0 Å². The van der Waals surface area contributed by atoms with Crippen molar-refractivity contribution in [2.24, 2.45) is 0 Å². The summed E-state index contributed by atoms with van der Waals surface area (Å²) in [6.07, 6.45) is 1.66. The second-order valence-electron chi connectivity index (χ2n) is 5.93. The van der Waals surface area contributed by atoms with Gasteiger partial charge in [0, 0.05) is 17.1 Å². The van der Waals surface area contributed by atoms with E-state index in [1.807, 2.05) is 6.92 Å². The highest BCUT2D eigenvalue weighted by molar-refractivity contribution is 9.10. The van der Waals surface area contributed by atoms with Gasteiger partial charge in [-0.3, -0.25) is 0 Å². The maximum Gasteiger partial charge on any atom is 0.247 e. The van der Waals surface area contributed by atoms with E-state index in [1.54, 1.807) is 30.3 Å². The molecule has 4 nitrogen and oxygen atoms in total. The minimum Gasteiger partial charge on any atom is -0.492 e. The first-order valence-corrected chi connectivity index (χ1v) is 10.3. The van der Waals surface area contributed by atoms with Crippen LogP contribution in [0.15, 0.2) is 51.8 Å². The fraction of sp³-hybridized carbons (Fsp3) is 0.333. The van der Waals surface area contributed by atoms with E-state index in [9.17, 15) is 12.8 Å². The summed E-state index contributed by atoms with van der Waals surface area (Å²) in [6, 6.07) is 10.9. The van der Waals surface area contributed by atoms with Crippen molar-refractivity contribution in [1.82, 2.24) is 4.31 Å². The molecule has 0 atom stereocenters. The topological polar surface area (TPSA) is 46.6 Å². The molecule has 3 rings (SSSR count). The normalized spacial score (nSPS) is 14.7. The molecule has 0 saturated heterocycles. The third kappa shape index (κ3) is 4.22. The largest absolute Gasteiger partial charge is 0.492 e. The SMILES string of the molecule is CCOc1ccc(Br)cc1S(=O)(=O)N(Cc1ccc(F)cc1)C1CC1. The van der Waals surface area contributed by atoms with Crippen molar-refractivity contribution in [1.29, 1.82) is 0 Å². The molecule has 0 unspecified atom stereocenters. The van der Waals surface area contributed by atoms with Crippen LogP contribution in [-0.2, 0) is 16.6 Å². The van der Waals surface area contributed by atoms with Crippen molar-refractivity contribution < 1.29 is 17.5 Å². The summed E-state index contributed by atoms with van der Waals surface area (Å²) in [5.41, 5.74) is 0.754. The van der Waals surface area contributed by atoms with Crippen molar-refractivity contribution >= 4 is 26.0 Å². The lowest BCUT2D eigenvalue weighted by molar-refractivity contribution is 0.327. The molecule has 2 aromatic rings. The molecule has 0 aromatic heterocycles. The van der Waals surface area contributed by atoms with E-state index < -0.39 is 10.0 Å². The molecular weight excluding hydrogens is 409 g/mol. The first-order valence-electron chi connectivity index (χ1n) is 8.10. The van der Waals surface area contributed by atoms with Crippen LogP contribution >= 0.6 is 15.9 Å². The Morgan fingerprint density at radius 3 is 2.48 bits per heavy atom. The Morgan fingerprint density at radius 1 is 1.20 bits per heavy atom. The number of rotatable bonds is 7. The van der Waals surface area contributed by atoms with Gasteiger partial charge in [0.15, 0.2) is 0 Å². The zero-order valence-corrected chi connectivity index (χ0v) is 16.2. The third-order valence-corrected chi connectivity index (χ3v) is 6.41. The van der Waals surface area contributed by atoms with Gasteiger partial charge in [-0.1, -0.05) is 28.1 Å². The zero-order valence-electron chi connectivity index (χ0n) is 13.8. The Labute approximate surface area is 155 Å². The highest BCUT2D eigenvalue weighted by Gasteiger charge is 2.39. The van der Waals surface area contributed by atoms with E-state index in [2.05, 4.69) is 15.9 Å². The molecule has 0 heterocycles. The van der Waals surface area contributed by atoms with Gasteiger partial charge < -0.3 is 4.74 Å². The summed E-state index contributed by atoms with van der Waals surface area (Å²) in [6.45, 7) is 2.41. The average molecular weight is 428 g/mol. The first-order chi connectivity index (χ1) is 11.9. The van der Waals surface area contributed by atoms with Gasteiger partial charge >= 0.3 is 0 Å². The highest BCUT2D eigenvalue weighted by Crippen LogP contribution is 2.37. The predicted molar refractivity (Wildman–Crippen MR) is 97.5 cm³/mol. The number of benzene rings is 2. The molecule has 0 aliphatic heterocycles. The number of halogens is 2. The van der Waals surface area contributed by atoms with Crippen molar-refractivity contribution in [3.8, 4) is 5.75 Å². The molecule has 1 saturated carbocycles. The minimum absolute atomic E-state index is 0.0245. The quantitative estimate of drug-likeness (QED) is 0.659. The van der Waals surface area contributed by atoms with E-state index in [-0.39, 0.29) is 23.3 Å². The Morgan fingerprint density at radius 2 is 1.88 bits per heavy atom. The van der Waals surface area contributed by atoms with E-state index in [0.717, 1.165) is 18.4 Å². The van der Waals surface area contributed by atoms with Gasteiger partial charge in [-0.2, -0.15) is 4.31 Å². The Bertz CT molecular complexity index is 851. The molecule has 0 spiro atoms. The second-order valence-corrected chi connectivity index (χ2v) is 8.71. The summed E-state index contributed by atoms with van der Waals surface area (Å²) in [5, 5.41) is 0. The summed E-state index contributed by atoms with van der Waals surface area (Å²) in [5.74, 6) is 0.00524. The monoisotopic (exact) mass is 427 g/mol. The van der Waals surface area contributed by atoms with Crippen molar-refractivity contribution in [2.75, 3.05) is 6.61 Å². The molecule has 0 bridgehead atoms. The molecule has 1 fully saturated rings. The number of nitrogens with zero attached hydrogens (tertiary/aromatic N) is 1. The molecule has 0 N–H and O–H groups in total. The van der Waals surface area contributed by atoms with Gasteiger partial charge in [0.05, 0.1) is 6.61 Å². The van der Waals surface area contributed by atoms with Crippen molar-refractivity contribution in [3.05, 3.63) is 58.3 Å². The fourth-order valence-corrected chi connectivity index (χ4v) is 4.97. The van der Waals surface area contributed by atoms with Crippen LogP contribution in [0.5, 0.6) is 5.75 Å². The second kappa shape index (κ2) is 7.43. The standard InChI is InChI=1S/C18H19BrFNO3S/c1-2-24-17-10-5-14(19)11-18(17)25(22,23)21(16-8-9-16)12-13-3-6-15(20)7-4-13/h3-7,10-11,16H,2,8-9,12H2,1H3. The van der Waals surface area contributed by atoms with Gasteiger partial charge in [-0.25, -0.2) is 12.8 Å². The van der Waals surface area contributed by atoms with Gasteiger partial charge in [0.25, 0.3) is 0 Å². The molecule has 0 amide bonds. The van der Waals surface area contributed by atoms with Gasteiger partial charge in [-0.15, -0.1) is 0 Å². The maximum absolute atomic E-state index is 13.3. The molecule has 1 aliphatic rings. The third-order valence-electron chi connectivity index (χ3n) is 4.00. The molecular formula is C18H19BrFNO3S. The fourth-order valence-electron chi connectivity index (χ4n) is 2.63. The summed E-state index contributed by atoms with van der Waals surface area (Å²) in [4.78, 5) is 0.151. The van der Waals surface area contributed by atoms with Crippen LogP contribution in [0.3, 0.4) is 0 Å². The number of hydrogen-bond donors (Lipinski definition) is 0. The van der Waals surface area contributed by atoms with Crippen LogP contribution in [-0.4, -0.2) is 25.4 Å². The maximum atomic E-state index is 13.3. The van der Waals surface area contributed by atoms with Gasteiger partial charge in [-0.05, 0) is 55.7 Å². The van der Waals surface area contributed by atoms with E-state index in [1.165, 1.54) is 16.4 Å². The van der Waals surface area contributed by atoms with Crippen LogP contribution in [0.2, 0.25) is 0 Å². The van der Waals surface area contributed by atoms with Crippen LogP contribution in [0.1, 0.15) is 25.3 Å². The van der Waals surface area contributed by atoms with Crippen LogP contribution in [0, 0.1) is 5.82 Å². The first kappa shape index (κ1) is 18.4. The van der Waals surface area contributed by atoms with Gasteiger partial charge in [0.2, 0.25) is 10.0 Å². The number of ether oxygens (including phenoxy) is 1. The van der Waals surface area contributed by atoms with E-state index in [4.69, 9.17) is 4.74 Å². The Balaban J connectivity index is 1.98. The number of hydrogen-bond acceptors (Lipinski definition) is 3. The summed E-state index contributed by atoms with van der Waals surface area (Å²) in [7, 11) is -3.74. The smallest absolute Gasteiger partial charge is 0.247 e. The summed E-state index contributed by atoms with van der Waals surface area (Å²) >= 11 is 3.34. The predicted octanol–water partition coefficient (Wildman–Crippen LogP) is 4.34. The highest BCUT2D eigenvalue weighted by atomic mass is 79.9. The van der Waals surface area contributed by atoms with Gasteiger partial charge in [0.1, 0.15) is 16.5 Å². The number of sulfonamides is 1. The van der Waals surface area contributed by atoms with Crippen molar-refractivity contribution in [2.45, 2.75) is 37.2 Å². The Hall–Kier alpha value is -1.44. The zero-order chi connectivity index (χ0) is 18.0. The lowest BCUT2D eigenvalue weighted by Gasteiger charge is -2.23. The van der Waals surface area contributed by atoms with Crippen LogP contribution < -0.4 is 4.74 Å². The molecule has 2 aromatic carbocycles. The minimum atomic E-state index is -3.74. The lowest BCUT2D eigenvalue weighted by atomic mass is 10.2. The molecule has 25 heavy (non-hydrogen) atoms. The van der Waals surface area contributed by atoms with Crippen LogP contribution in [0.25, 0.3) is 0 Å². The lowest BCUT2D eigenvalue weighted by Crippen LogP contribution is -2.33. The molecule has 0 radical (unpaired) electrons. The van der Waals surface area contributed by atoms with Crippen LogP contribution in [0.4, 0.5) is 4.39 Å². The Kier molecular flexibility index (Phi) is 5.46. The molecule has 1 aliphatic carbocycles. The van der Waals surface area contributed by atoms with E-state index in [0.29, 0.717) is 16.8 Å². The van der Waals surface area contributed by atoms with E-state index >= 15 is 0 Å². The summed E-state index contributed by atoms with van der Waals surface area (Å²) < 4.78 is 47.4. The average Bonchev–Trinajstić information content (AvgIpc) is 3.40.